The molecule has 4 rings (SSSR count). The summed E-state index contributed by atoms with van der Waals surface area (Å²) < 4.78 is 4.36. The highest BCUT2D eigenvalue weighted by atomic mass is 15.4. The Morgan fingerprint density at radius 1 is 1.17 bits per heavy atom. The molecule has 0 amide bonds. The fraction of sp³-hybridized carbons (Fsp3) is 0.750. The first-order chi connectivity index (χ1) is 14.2. The molecule has 0 saturated heterocycles. The van der Waals surface area contributed by atoms with Crippen molar-refractivity contribution in [2.24, 2.45) is 4.99 Å². The molecule has 0 aliphatic carbocycles. The van der Waals surface area contributed by atoms with Crippen LogP contribution in [-0.2, 0) is 25.9 Å². The molecular formula is C20H33N9. The maximum Gasteiger partial charge on any atom is 0.191 e. The van der Waals surface area contributed by atoms with E-state index in [2.05, 4.69) is 42.4 Å². The second-order valence-electron chi connectivity index (χ2n) is 7.94. The lowest BCUT2D eigenvalue weighted by atomic mass is 10.1. The highest BCUT2D eigenvalue weighted by molar-refractivity contribution is 5.80. The Labute approximate surface area is 172 Å². The van der Waals surface area contributed by atoms with Gasteiger partial charge < -0.3 is 15.2 Å². The van der Waals surface area contributed by atoms with Gasteiger partial charge in [-0.1, -0.05) is 6.42 Å². The molecule has 0 bridgehead atoms. The molecule has 0 saturated carbocycles. The second-order valence-corrected chi connectivity index (χ2v) is 7.94. The lowest BCUT2D eigenvalue weighted by Crippen LogP contribution is -2.41. The zero-order valence-electron chi connectivity index (χ0n) is 17.7. The molecule has 0 fully saturated rings. The standard InChI is InChI=1S/C20H33N9/c1-3-21-20(24-16-9-8-14-29-19(16)23-15(2)27-29)22-12-7-11-18-26-25-17-10-5-4-6-13-28(17)18/h16H,3-14H2,1-2H3,(H2,21,22,24). The molecule has 0 spiro atoms. The van der Waals surface area contributed by atoms with Crippen LogP contribution in [0.1, 0.15) is 74.8 Å². The lowest BCUT2D eigenvalue weighted by Gasteiger charge is -2.25. The summed E-state index contributed by atoms with van der Waals surface area (Å²) in [5.74, 6) is 4.99. The van der Waals surface area contributed by atoms with Gasteiger partial charge in [-0.2, -0.15) is 5.10 Å². The maximum atomic E-state index is 4.80. The van der Waals surface area contributed by atoms with Crippen molar-refractivity contribution < 1.29 is 0 Å². The average molecular weight is 400 g/mol. The number of nitrogens with one attached hydrogen (secondary N) is 2. The Morgan fingerprint density at radius 2 is 2.10 bits per heavy atom. The van der Waals surface area contributed by atoms with Crippen molar-refractivity contribution >= 4 is 5.96 Å². The summed E-state index contributed by atoms with van der Waals surface area (Å²) in [5.41, 5.74) is 0. The first-order valence-corrected chi connectivity index (χ1v) is 11.1. The predicted molar refractivity (Wildman–Crippen MR) is 112 cm³/mol. The number of aromatic nitrogens is 6. The molecule has 158 valence electrons. The number of aryl methyl sites for hydroxylation is 4. The third kappa shape index (κ3) is 4.76. The number of hydrogen-bond acceptors (Lipinski definition) is 5. The number of fused-ring (bicyclic) bond motifs is 2. The van der Waals surface area contributed by atoms with Crippen LogP contribution >= 0.6 is 0 Å². The molecule has 2 aliphatic rings. The van der Waals surface area contributed by atoms with Crippen LogP contribution in [0.4, 0.5) is 0 Å². The number of hydrogen-bond donors (Lipinski definition) is 2. The van der Waals surface area contributed by atoms with Gasteiger partial charge in [0.1, 0.15) is 23.3 Å². The van der Waals surface area contributed by atoms with Crippen LogP contribution in [0.25, 0.3) is 0 Å². The van der Waals surface area contributed by atoms with Crippen LogP contribution in [0.3, 0.4) is 0 Å². The van der Waals surface area contributed by atoms with Crippen molar-refractivity contribution in [2.45, 2.75) is 84.3 Å². The van der Waals surface area contributed by atoms with Crippen molar-refractivity contribution in [1.82, 2.24) is 40.2 Å². The molecular weight excluding hydrogens is 366 g/mol. The van der Waals surface area contributed by atoms with E-state index in [9.17, 15) is 0 Å². The summed E-state index contributed by atoms with van der Waals surface area (Å²) in [6.45, 7) is 7.65. The fourth-order valence-corrected chi connectivity index (χ4v) is 4.25. The van der Waals surface area contributed by atoms with E-state index in [1.54, 1.807) is 0 Å². The molecule has 0 aromatic carbocycles. The summed E-state index contributed by atoms with van der Waals surface area (Å²) in [5, 5.41) is 20.2. The van der Waals surface area contributed by atoms with Crippen molar-refractivity contribution in [1.29, 1.82) is 0 Å². The molecule has 9 heteroatoms. The smallest absolute Gasteiger partial charge is 0.191 e. The largest absolute Gasteiger partial charge is 0.357 e. The molecule has 0 radical (unpaired) electrons. The van der Waals surface area contributed by atoms with Gasteiger partial charge in [-0.05, 0) is 46.0 Å². The Bertz CT molecular complexity index is 835. The monoisotopic (exact) mass is 399 g/mol. The molecule has 2 aromatic heterocycles. The third-order valence-corrected chi connectivity index (χ3v) is 5.65. The minimum Gasteiger partial charge on any atom is -0.357 e. The molecule has 9 nitrogen and oxygen atoms in total. The first-order valence-electron chi connectivity index (χ1n) is 11.1. The van der Waals surface area contributed by atoms with E-state index in [1.165, 1.54) is 19.3 Å². The minimum atomic E-state index is 0.162. The van der Waals surface area contributed by atoms with E-state index >= 15 is 0 Å². The Hall–Kier alpha value is -2.45. The topological polar surface area (TPSA) is 97.8 Å². The van der Waals surface area contributed by atoms with Gasteiger partial charge in [-0.3, -0.25) is 4.99 Å². The number of rotatable bonds is 6. The first kappa shape index (κ1) is 19.8. The number of aliphatic imine (C=N–C) groups is 1. The summed E-state index contributed by atoms with van der Waals surface area (Å²) in [7, 11) is 0. The third-order valence-electron chi connectivity index (χ3n) is 5.65. The second kappa shape index (κ2) is 9.37. The van der Waals surface area contributed by atoms with Crippen LogP contribution in [0, 0.1) is 6.92 Å². The van der Waals surface area contributed by atoms with Gasteiger partial charge in [0.2, 0.25) is 0 Å². The van der Waals surface area contributed by atoms with Gasteiger partial charge in [0, 0.05) is 39.0 Å². The van der Waals surface area contributed by atoms with Crippen molar-refractivity contribution in [3.8, 4) is 0 Å². The molecule has 2 N–H and O–H groups in total. The molecule has 1 unspecified atom stereocenters. The van der Waals surface area contributed by atoms with Gasteiger partial charge in [0.05, 0.1) is 6.04 Å². The van der Waals surface area contributed by atoms with Gasteiger partial charge in [-0.25, -0.2) is 9.67 Å². The predicted octanol–water partition coefficient (Wildman–Crippen LogP) is 1.93. The van der Waals surface area contributed by atoms with E-state index in [4.69, 9.17) is 4.99 Å². The van der Waals surface area contributed by atoms with Crippen molar-refractivity contribution in [3.05, 3.63) is 23.3 Å². The van der Waals surface area contributed by atoms with Crippen molar-refractivity contribution in [3.63, 3.8) is 0 Å². The zero-order chi connectivity index (χ0) is 20.1. The van der Waals surface area contributed by atoms with E-state index in [0.717, 1.165) is 87.5 Å². The SMILES string of the molecule is CCNC(=NCCCc1nnc2n1CCCCC2)NC1CCCn2nc(C)nc21. The molecule has 29 heavy (non-hydrogen) atoms. The molecule has 4 heterocycles. The number of guanidine groups is 1. The summed E-state index contributed by atoms with van der Waals surface area (Å²) in [6, 6.07) is 0.162. The quantitative estimate of drug-likeness (QED) is 0.438. The summed E-state index contributed by atoms with van der Waals surface area (Å²) >= 11 is 0. The van der Waals surface area contributed by atoms with Crippen LogP contribution in [-0.4, -0.2) is 48.6 Å². The molecule has 2 aromatic rings. The maximum absolute atomic E-state index is 4.80. The number of nitrogens with zero attached hydrogens (tertiary/aromatic N) is 7. The van der Waals surface area contributed by atoms with Crippen LogP contribution < -0.4 is 10.6 Å². The van der Waals surface area contributed by atoms with Crippen LogP contribution in [0.2, 0.25) is 0 Å². The molecule has 1 atom stereocenters. The highest BCUT2D eigenvalue weighted by Gasteiger charge is 2.24. The van der Waals surface area contributed by atoms with Crippen molar-refractivity contribution in [2.75, 3.05) is 13.1 Å². The molecule has 2 aliphatic heterocycles. The Morgan fingerprint density at radius 3 is 3.00 bits per heavy atom. The van der Waals surface area contributed by atoms with E-state index in [1.807, 2.05) is 11.6 Å². The van der Waals surface area contributed by atoms with Crippen LogP contribution in [0.15, 0.2) is 4.99 Å². The Kier molecular flexibility index (Phi) is 6.41. The van der Waals surface area contributed by atoms with E-state index < -0.39 is 0 Å². The van der Waals surface area contributed by atoms with Gasteiger partial charge in [0.15, 0.2) is 5.96 Å². The summed E-state index contributed by atoms with van der Waals surface area (Å²) in [4.78, 5) is 9.41. The van der Waals surface area contributed by atoms with E-state index in [0.29, 0.717) is 0 Å². The average Bonchev–Trinajstić information content (AvgIpc) is 3.20. The lowest BCUT2D eigenvalue weighted by molar-refractivity contribution is 0.397. The van der Waals surface area contributed by atoms with Gasteiger partial charge in [0.25, 0.3) is 0 Å². The normalized spacial score (nSPS) is 19.4. The highest BCUT2D eigenvalue weighted by Crippen LogP contribution is 2.22. The van der Waals surface area contributed by atoms with E-state index in [-0.39, 0.29) is 6.04 Å². The summed E-state index contributed by atoms with van der Waals surface area (Å²) in [6.07, 6.45) is 8.86. The minimum absolute atomic E-state index is 0.162. The fourth-order valence-electron chi connectivity index (χ4n) is 4.25. The Balaban J connectivity index is 1.34. The van der Waals surface area contributed by atoms with Crippen LogP contribution in [0.5, 0.6) is 0 Å². The zero-order valence-corrected chi connectivity index (χ0v) is 17.7. The van der Waals surface area contributed by atoms with Gasteiger partial charge >= 0.3 is 0 Å². The van der Waals surface area contributed by atoms with Gasteiger partial charge in [-0.15, -0.1) is 10.2 Å².